The number of rotatable bonds is 7. The van der Waals surface area contributed by atoms with E-state index in [4.69, 9.17) is 23.7 Å². The van der Waals surface area contributed by atoms with Crippen molar-refractivity contribution in [2.75, 3.05) is 48.5 Å². The lowest BCUT2D eigenvalue weighted by Gasteiger charge is -2.38. The maximum absolute atomic E-state index is 14.2. The average Bonchev–Trinajstić information content (AvgIpc) is 3.21. The Kier molecular flexibility index (Phi) is 10.6. The zero-order valence-corrected chi connectivity index (χ0v) is 34.4. The van der Waals surface area contributed by atoms with Crippen LogP contribution in [0, 0.1) is 17.0 Å². The molecule has 0 aromatic heterocycles. The smallest absolute Gasteiger partial charge is 0.287 e. The molecule has 0 radical (unpaired) electrons. The first-order valence-electron chi connectivity index (χ1n) is 19.3. The summed E-state index contributed by atoms with van der Waals surface area (Å²) in [7, 11) is 4.70. The van der Waals surface area contributed by atoms with E-state index in [0.29, 0.717) is 70.8 Å². The summed E-state index contributed by atoms with van der Waals surface area (Å²) in [6.07, 6.45) is 2.73. The Morgan fingerprint density at radius 2 is 1.48 bits per heavy atom. The second-order valence-electron chi connectivity index (χ2n) is 15.3. The number of fused-ring (bicyclic) bond motifs is 2. The van der Waals surface area contributed by atoms with Crippen molar-refractivity contribution in [2.24, 2.45) is 0 Å². The Morgan fingerprint density at radius 3 is 2.19 bits per heavy atom. The van der Waals surface area contributed by atoms with E-state index >= 15 is 0 Å². The number of nitro benzene ring substituents is 1. The zero-order chi connectivity index (χ0) is 40.9. The third kappa shape index (κ3) is 7.22. The molecule has 6 bridgehead atoms. The third-order valence-electron chi connectivity index (χ3n) is 11.8. The number of nitrogens with zero attached hydrogens (tertiary/aromatic N) is 3. The van der Waals surface area contributed by atoms with Gasteiger partial charge in [0.15, 0.2) is 32.8 Å². The van der Waals surface area contributed by atoms with E-state index in [0.717, 1.165) is 41.6 Å². The van der Waals surface area contributed by atoms with E-state index in [1.807, 2.05) is 31.3 Å². The molecular formula is C45H47N3O9S. The van der Waals surface area contributed by atoms with Gasteiger partial charge in [0.1, 0.15) is 16.4 Å². The van der Waals surface area contributed by atoms with Gasteiger partial charge < -0.3 is 23.7 Å². The Morgan fingerprint density at radius 1 is 0.776 bits per heavy atom. The fourth-order valence-corrected chi connectivity index (χ4v) is 10.3. The molecule has 0 N–H and O–H groups in total. The van der Waals surface area contributed by atoms with Gasteiger partial charge in [-0.05, 0) is 128 Å². The molecule has 12 nitrogen and oxygen atoms in total. The molecule has 13 heteroatoms. The highest BCUT2D eigenvalue weighted by molar-refractivity contribution is 7.90. The molecule has 5 aromatic carbocycles. The van der Waals surface area contributed by atoms with Crippen LogP contribution in [0.15, 0.2) is 83.8 Å². The molecule has 0 fully saturated rings. The highest BCUT2D eigenvalue weighted by atomic mass is 32.2. The van der Waals surface area contributed by atoms with Crippen LogP contribution in [0.2, 0.25) is 0 Å². The number of benzene rings is 5. The van der Waals surface area contributed by atoms with Gasteiger partial charge in [0.2, 0.25) is 5.75 Å². The number of aryl methyl sites for hydroxylation is 1. The maximum Gasteiger partial charge on any atom is 0.287 e. The van der Waals surface area contributed by atoms with Gasteiger partial charge >= 0.3 is 0 Å². The fraction of sp³-hybridized carbons (Fsp3) is 0.333. The van der Waals surface area contributed by atoms with Crippen LogP contribution in [0.3, 0.4) is 0 Å². The highest BCUT2D eigenvalue weighted by Crippen LogP contribution is 2.51. The third-order valence-corrected chi connectivity index (χ3v) is 13.6. The van der Waals surface area contributed by atoms with Crippen molar-refractivity contribution in [3.8, 4) is 40.2 Å². The van der Waals surface area contributed by atoms with Crippen LogP contribution in [-0.4, -0.2) is 71.7 Å². The first-order valence-corrected chi connectivity index (χ1v) is 21.0. The molecule has 4 aliphatic heterocycles. The summed E-state index contributed by atoms with van der Waals surface area (Å²) in [6, 6.07) is 23.1. The lowest BCUT2D eigenvalue weighted by atomic mass is 9.86. The minimum Gasteiger partial charge on any atom is -0.493 e. The fourth-order valence-electron chi connectivity index (χ4n) is 8.71. The van der Waals surface area contributed by atoms with E-state index in [-0.39, 0.29) is 17.0 Å². The predicted molar refractivity (Wildman–Crippen MR) is 220 cm³/mol. The van der Waals surface area contributed by atoms with E-state index in [9.17, 15) is 18.5 Å². The lowest BCUT2D eigenvalue weighted by Crippen LogP contribution is -2.34. The Hall–Kier alpha value is -5.63. The highest BCUT2D eigenvalue weighted by Gasteiger charge is 2.36. The van der Waals surface area contributed by atoms with Gasteiger partial charge in [-0.25, -0.2) is 8.42 Å². The Bertz CT molecular complexity index is 2520. The zero-order valence-electron chi connectivity index (χ0n) is 33.5. The minimum absolute atomic E-state index is 0.112. The molecule has 4 heterocycles. The van der Waals surface area contributed by atoms with E-state index < -0.39 is 26.2 Å². The van der Waals surface area contributed by atoms with Crippen molar-refractivity contribution in [1.29, 1.82) is 0 Å². The minimum atomic E-state index is -4.22. The second-order valence-corrected chi connectivity index (χ2v) is 17.3. The topological polar surface area (TPSA) is 130 Å². The lowest BCUT2D eigenvalue weighted by molar-refractivity contribution is -0.387. The van der Waals surface area contributed by atoms with E-state index in [1.165, 1.54) is 42.5 Å². The predicted octanol–water partition coefficient (Wildman–Crippen LogP) is 8.34. The van der Waals surface area contributed by atoms with Crippen molar-refractivity contribution < 1.29 is 37.0 Å². The second kappa shape index (κ2) is 15.6. The van der Waals surface area contributed by atoms with Crippen molar-refractivity contribution in [3.63, 3.8) is 0 Å². The largest absolute Gasteiger partial charge is 0.493 e. The van der Waals surface area contributed by atoms with Gasteiger partial charge in [-0.1, -0.05) is 30.3 Å². The molecular weight excluding hydrogens is 759 g/mol. The quantitative estimate of drug-likeness (QED) is 0.116. The summed E-state index contributed by atoms with van der Waals surface area (Å²) >= 11 is 0. The van der Waals surface area contributed by atoms with Crippen molar-refractivity contribution in [3.05, 3.63) is 133 Å². The van der Waals surface area contributed by atoms with Crippen molar-refractivity contribution in [2.45, 2.75) is 55.3 Å². The summed E-state index contributed by atoms with van der Waals surface area (Å²) in [5, 5.41) is 12.0. The average molecular weight is 806 g/mol. The van der Waals surface area contributed by atoms with Crippen LogP contribution in [-0.2, 0) is 41.3 Å². The van der Waals surface area contributed by atoms with Crippen molar-refractivity contribution >= 4 is 15.5 Å². The van der Waals surface area contributed by atoms with Gasteiger partial charge in [-0.2, -0.15) is 0 Å². The number of para-hydroxylation sites is 1. The van der Waals surface area contributed by atoms with Gasteiger partial charge in [0.05, 0.1) is 32.0 Å². The molecule has 0 amide bonds. The first kappa shape index (κ1) is 39.2. The maximum atomic E-state index is 14.2. The van der Waals surface area contributed by atoms with Crippen LogP contribution in [0.25, 0.3) is 0 Å². The number of nitro groups is 1. The molecule has 9 rings (SSSR count). The van der Waals surface area contributed by atoms with Crippen molar-refractivity contribution in [1.82, 2.24) is 9.80 Å². The summed E-state index contributed by atoms with van der Waals surface area (Å²) < 4.78 is 59.8. The van der Waals surface area contributed by atoms with Crippen LogP contribution in [0.5, 0.6) is 40.2 Å². The molecule has 0 spiro atoms. The van der Waals surface area contributed by atoms with Crippen LogP contribution >= 0.6 is 0 Å². The Balaban J connectivity index is 1.36. The summed E-state index contributed by atoms with van der Waals surface area (Å²) in [4.78, 5) is 15.6. The molecule has 58 heavy (non-hydrogen) atoms. The molecule has 2 atom stereocenters. The number of sulfone groups is 1. The molecule has 0 unspecified atom stereocenters. The number of hydrogen-bond acceptors (Lipinski definition) is 11. The normalized spacial score (nSPS) is 17.9. The standard InChI is InChI=1S/C45H47N3O9S/c1-27-19-29-15-17-46(2)36-20-28-11-13-33(14-12-28)56-40-23-31(32(24-39(40)53-4)26-58(51,52)42-10-8-7-9-35(42)48(49)50)21-37-43-30(16-18-47(37)3)22-41(54-5)44(55-6)45(43)57-38(27)25-34(29)36/h7-14,19,22-25,36-37H,15-18,20-21,26H2,1-6H3/t36-,37-/m0/s1. The number of hydrogen-bond donors (Lipinski definition) is 0. The number of ether oxygens (including phenoxy) is 5. The Labute approximate surface area is 338 Å². The van der Waals surface area contributed by atoms with Crippen LogP contribution in [0.1, 0.15) is 56.6 Å². The van der Waals surface area contributed by atoms with Crippen LogP contribution in [0.4, 0.5) is 5.69 Å². The first-order chi connectivity index (χ1) is 27.9. The van der Waals surface area contributed by atoms with Gasteiger partial charge in [-0.15, -0.1) is 0 Å². The van der Waals surface area contributed by atoms with Gasteiger partial charge in [-0.3, -0.25) is 19.9 Å². The monoisotopic (exact) mass is 805 g/mol. The number of methoxy groups -OCH3 is 3. The number of likely N-dealkylation sites (N-methyl/N-ethyl adjacent to an activating group) is 2. The van der Waals surface area contributed by atoms with Gasteiger partial charge in [0.25, 0.3) is 5.69 Å². The summed E-state index contributed by atoms with van der Waals surface area (Å²) in [5.74, 6) is 3.07. The molecule has 0 saturated carbocycles. The SMILES string of the molecule is COc1cc(CS(=O)(=O)c2ccccc2[N+](=O)[O-])c2cc1Oc1ccc(cc1)C[C@H]1c3cc(c(C)cc3CCN1C)Oc1c(OC)c(OC)cc3c1[C@H](C2)N(C)CC3. The summed E-state index contributed by atoms with van der Waals surface area (Å²) in [6.45, 7) is 3.71. The van der Waals surface area contributed by atoms with Gasteiger partial charge in [0, 0.05) is 36.8 Å². The van der Waals surface area contributed by atoms with Crippen LogP contribution < -0.4 is 23.7 Å². The molecule has 5 aromatic rings. The van der Waals surface area contributed by atoms with E-state index in [2.05, 4.69) is 48.0 Å². The molecule has 4 aliphatic rings. The molecule has 0 aliphatic carbocycles. The molecule has 302 valence electrons. The van der Waals surface area contributed by atoms with E-state index in [1.54, 1.807) is 20.3 Å². The molecule has 0 saturated heterocycles. The summed E-state index contributed by atoms with van der Waals surface area (Å²) in [5.41, 5.74) is 7.19.